The predicted octanol–water partition coefficient (Wildman–Crippen LogP) is 2.29. The van der Waals surface area contributed by atoms with Crippen molar-refractivity contribution in [1.82, 2.24) is 5.32 Å². The first-order chi connectivity index (χ1) is 9.73. The zero-order chi connectivity index (χ0) is 16.0. The Hall–Kier alpha value is -1.95. The van der Waals surface area contributed by atoms with Crippen LogP contribution in [0.25, 0.3) is 0 Å². The van der Waals surface area contributed by atoms with Crippen LogP contribution in [0.1, 0.15) is 31.1 Å². The van der Waals surface area contributed by atoms with Crippen molar-refractivity contribution >= 4 is 23.6 Å². The zero-order valence-electron chi connectivity index (χ0n) is 12.2. The minimum absolute atomic E-state index is 0.0612. The number of halogens is 1. The molecule has 3 N–H and O–H groups in total. The van der Waals surface area contributed by atoms with E-state index in [9.17, 15) is 9.59 Å². The average molecular weight is 315 g/mol. The Bertz CT molecular complexity index is 526. The molecule has 0 spiro atoms. The lowest BCUT2D eigenvalue weighted by Gasteiger charge is -2.20. The highest BCUT2D eigenvalue weighted by Crippen LogP contribution is 2.24. The number of ether oxygens (including phenoxy) is 2. The first-order valence-electron chi connectivity index (χ1n) is 6.35. The molecule has 0 atom stereocenters. The van der Waals surface area contributed by atoms with Crippen molar-refractivity contribution in [2.24, 2.45) is 5.73 Å². The summed E-state index contributed by atoms with van der Waals surface area (Å²) in [4.78, 5) is 23.2. The molecule has 0 fully saturated rings. The molecule has 7 heteroatoms. The van der Waals surface area contributed by atoms with Crippen LogP contribution in [-0.2, 0) is 0 Å². The third-order valence-electron chi connectivity index (χ3n) is 2.24. The lowest BCUT2D eigenvalue weighted by molar-refractivity contribution is 0.0997. The minimum atomic E-state index is -0.718. The maximum Gasteiger partial charge on any atom is 0.413 e. The summed E-state index contributed by atoms with van der Waals surface area (Å²) in [6, 6.07) is 4.43. The summed E-state index contributed by atoms with van der Waals surface area (Å²) in [7, 11) is 0. The van der Waals surface area contributed by atoms with Gasteiger partial charge in [0.1, 0.15) is 18.1 Å². The highest BCUT2D eigenvalue weighted by Gasteiger charge is 2.18. The average Bonchev–Trinajstić information content (AvgIpc) is 2.34. The Labute approximate surface area is 128 Å². The van der Waals surface area contributed by atoms with Gasteiger partial charge in [-0.25, -0.2) is 4.79 Å². The molecule has 0 unspecified atom stereocenters. The molecule has 0 heterocycles. The van der Waals surface area contributed by atoms with Gasteiger partial charge in [0.15, 0.2) is 0 Å². The fraction of sp³-hybridized carbons (Fsp3) is 0.429. The van der Waals surface area contributed by atoms with Gasteiger partial charge in [-0.1, -0.05) is 0 Å². The van der Waals surface area contributed by atoms with Crippen LogP contribution in [0.4, 0.5) is 4.79 Å². The SMILES string of the molecule is CC(C)(C)NC(=O)Oc1ccc(OCCCl)cc1C(N)=O. The predicted molar refractivity (Wildman–Crippen MR) is 80.1 cm³/mol. The number of nitrogens with one attached hydrogen (secondary N) is 1. The van der Waals surface area contributed by atoms with Gasteiger partial charge in [-0.05, 0) is 39.0 Å². The maximum absolute atomic E-state index is 11.7. The van der Waals surface area contributed by atoms with E-state index in [4.69, 9.17) is 26.8 Å². The van der Waals surface area contributed by atoms with Crippen LogP contribution in [-0.4, -0.2) is 30.0 Å². The molecule has 0 radical (unpaired) electrons. The standard InChI is InChI=1S/C14H19ClN2O4/c1-14(2,3)17-13(19)21-11-5-4-9(20-7-6-15)8-10(11)12(16)18/h4-5,8H,6-7H2,1-3H3,(H2,16,18)(H,17,19). The van der Waals surface area contributed by atoms with Crippen LogP contribution in [0.15, 0.2) is 18.2 Å². The maximum atomic E-state index is 11.7. The molecule has 116 valence electrons. The van der Waals surface area contributed by atoms with Crippen molar-refractivity contribution < 1.29 is 19.1 Å². The second-order valence-corrected chi connectivity index (χ2v) is 5.70. The fourth-order valence-corrected chi connectivity index (χ4v) is 1.55. The lowest BCUT2D eigenvalue weighted by atomic mass is 10.1. The molecule has 1 rings (SSSR count). The molecular formula is C14H19ClN2O4. The van der Waals surface area contributed by atoms with E-state index < -0.39 is 17.5 Å². The molecule has 1 aromatic rings. The van der Waals surface area contributed by atoms with Crippen LogP contribution in [0, 0.1) is 0 Å². The van der Waals surface area contributed by atoms with Gasteiger partial charge in [-0.3, -0.25) is 4.79 Å². The summed E-state index contributed by atoms with van der Waals surface area (Å²) in [5.74, 6) is 0.0957. The fourth-order valence-electron chi connectivity index (χ4n) is 1.47. The normalized spacial score (nSPS) is 10.9. The van der Waals surface area contributed by atoms with Crippen LogP contribution in [0.3, 0.4) is 0 Å². The first-order valence-corrected chi connectivity index (χ1v) is 6.89. The van der Waals surface area contributed by atoms with Crippen molar-refractivity contribution in [1.29, 1.82) is 0 Å². The summed E-state index contributed by atoms with van der Waals surface area (Å²) >= 11 is 5.52. The van der Waals surface area contributed by atoms with Crippen LogP contribution >= 0.6 is 11.6 Å². The van der Waals surface area contributed by atoms with Gasteiger partial charge in [-0.15, -0.1) is 11.6 Å². The molecule has 6 nitrogen and oxygen atoms in total. The highest BCUT2D eigenvalue weighted by molar-refractivity contribution is 6.18. The molecule has 0 bridgehead atoms. The van der Waals surface area contributed by atoms with E-state index in [1.165, 1.54) is 12.1 Å². The molecule has 1 aromatic carbocycles. The van der Waals surface area contributed by atoms with Crippen LogP contribution < -0.4 is 20.5 Å². The number of hydrogen-bond acceptors (Lipinski definition) is 4. The number of carbonyl (C=O) groups is 2. The summed E-state index contributed by atoms with van der Waals surface area (Å²) in [6.45, 7) is 5.73. The first kappa shape index (κ1) is 17.1. The lowest BCUT2D eigenvalue weighted by Crippen LogP contribution is -2.42. The van der Waals surface area contributed by atoms with Crippen molar-refractivity contribution in [3.63, 3.8) is 0 Å². The van der Waals surface area contributed by atoms with E-state index in [-0.39, 0.29) is 11.3 Å². The quantitative estimate of drug-likeness (QED) is 0.816. The molecule has 0 aliphatic heterocycles. The van der Waals surface area contributed by atoms with Gasteiger partial charge in [0.05, 0.1) is 11.4 Å². The van der Waals surface area contributed by atoms with E-state index in [1.807, 2.05) is 20.8 Å². The number of amides is 2. The number of primary amides is 1. The van der Waals surface area contributed by atoms with Crippen molar-refractivity contribution in [2.75, 3.05) is 12.5 Å². The van der Waals surface area contributed by atoms with Gasteiger partial charge in [-0.2, -0.15) is 0 Å². The molecule has 0 aliphatic rings. The molecule has 2 amide bonds. The smallest absolute Gasteiger partial charge is 0.413 e. The van der Waals surface area contributed by atoms with Crippen molar-refractivity contribution in [3.8, 4) is 11.5 Å². The number of hydrogen-bond donors (Lipinski definition) is 2. The number of carbonyl (C=O) groups excluding carboxylic acids is 2. The van der Waals surface area contributed by atoms with Crippen LogP contribution in [0.2, 0.25) is 0 Å². The van der Waals surface area contributed by atoms with E-state index in [1.54, 1.807) is 6.07 Å². The largest absolute Gasteiger partial charge is 0.492 e. The Kier molecular flexibility index (Phi) is 5.84. The molecule has 0 aliphatic carbocycles. The van der Waals surface area contributed by atoms with E-state index in [2.05, 4.69) is 5.32 Å². The van der Waals surface area contributed by atoms with Crippen molar-refractivity contribution in [2.45, 2.75) is 26.3 Å². The van der Waals surface area contributed by atoms with Crippen LogP contribution in [0.5, 0.6) is 11.5 Å². The molecule has 21 heavy (non-hydrogen) atoms. The van der Waals surface area contributed by atoms with E-state index >= 15 is 0 Å². The summed E-state index contributed by atoms with van der Waals surface area (Å²) in [5, 5.41) is 2.62. The second-order valence-electron chi connectivity index (χ2n) is 5.32. The summed E-state index contributed by atoms with van der Waals surface area (Å²) < 4.78 is 10.4. The van der Waals surface area contributed by atoms with Gasteiger partial charge >= 0.3 is 6.09 Å². The summed E-state index contributed by atoms with van der Waals surface area (Å²) in [5.41, 5.74) is 4.89. The van der Waals surface area contributed by atoms with Gasteiger partial charge in [0.25, 0.3) is 5.91 Å². The van der Waals surface area contributed by atoms with E-state index in [0.717, 1.165) is 0 Å². The minimum Gasteiger partial charge on any atom is -0.492 e. The molecular weight excluding hydrogens is 296 g/mol. The van der Waals surface area contributed by atoms with Gasteiger partial charge in [0, 0.05) is 5.54 Å². The molecule has 0 aromatic heterocycles. The van der Waals surface area contributed by atoms with E-state index in [0.29, 0.717) is 18.2 Å². The second kappa shape index (κ2) is 7.17. The monoisotopic (exact) mass is 314 g/mol. The number of alkyl halides is 1. The molecule has 0 saturated heterocycles. The zero-order valence-corrected chi connectivity index (χ0v) is 13.0. The number of benzene rings is 1. The van der Waals surface area contributed by atoms with Gasteiger partial charge < -0.3 is 20.5 Å². The topological polar surface area (TPSA) is 90.7 Å². The third kappa shape index (κ3) is 5.91. The number of nitrogens with two attached hydrogens (primary N) is 1. The Morgan fingerprint density at radius 3 is 2.52 bits per heavy atom. The van der Waals surface area contributed by atoms with Crippen molar-refractivity contribution in [3.05, 3.63) is 23.8 Å². The Balaban J connectivity index is 2.91. The Morgan fingerprint density at radius 1 is 1.33 bits per heavy atom. The molecule has 0 saturated carbocycles. The Morgan fingerprint density at radius 2 is 2.00 bits per heavy atom. The van der Waals surface area contributed by atoms with Gasteiger partial charge in [0.2, 0.25) is 0 Å². The summed E-state index contributed by atoms with van der Waals surface area (Å²) in [6.07, 6.45) is -0.667. The number of rotatable bonds is 5. The third-order valence-corrected chi connectivity index (χ3v) is 2.40. The highest BCUT2D eigenvalue weighted by atomic mass is 35.5.